The zero-order valence-electron chi connectivity index (χ0n) is 6.91. The molecule has 0 aliphatic heterocycles. The van der Waals surface area contributed by atoms with Gasteiger partial charge in [-0.1, -0.05) is 15.9 Å². The van der Waals surface area contributed by atoms with Gasteiger partial charge in [0.05, 0.1) is 6.61 Å². The van der Waals surface area contributed by atoms with Crippen LogP contribution in [0.2, 0.25) is 0 Å². The van der Waals surface area contributed by atoms with Gasteiger partial charge in [0.1, 0.15) is 0 Å². The van der Waals surface area contributed by atoms with Crippen LogP contribution in [0.15, 0.2) is 0 Å². The Labute approximate surface area is 79.0 Å². The third kappa shape index (κ3) is 6.11. The molecule has 0 aliphatic rings. The lowest BCUT2D eigenvalue weighted by Crippen LogP contribution is -2.25. The topological polar surface area (TPSA) is 89.6 Å². The molecule has 0 aliphatic carbocycles. The molecule has 0 radical (unpaired) electrons. The van der Waals surface area contributed by atoms with Crippen molar-refractivity contribution >= 4 is 27.9 Å². The number of carboxylic acid groups (broad SMARTS) is 1. The molecule has 0 heterocycles. The Kier molecular flexibility index (Phi) is 9.84. The lowest BCUT2D eigenvalue weighted by atomic mass is 10.4. The summed E-state index contributed by atoms with van der Waals surface area (Å²) in [6.45, 7) is 1.80. The third-order valence-electron chi connectivity index (χ3n) is 0.710. The van der Waals surface area contributed by atoms with Gasteiger partial charge in [-0.3, -0.25) is 9.59 Å². The summed E-state index contributed by atoms with van der Waals surface area (Å²) < 4.78 is 4.40. The average molecular weight is 242 g/mol. The summed E-state index contributed by atoms with van der Waals surface area (Å²) in [6.07, 6.45) is 0. The first-order chi connectivity index (χ1) is 5.59. The van der Waals surface area contributed by atoms with Gasteiger partial charge >= 0.3 is 11.9 Å². The number of nitrogens with two attached hydrogens (primary N) is 1. The number of hydrogen-bond donors (Lipinski definition) is 2. The van der Waals surface area contributed by atoms with E-state index < -0.39 is 16.8 Å². The second-order valence-electron chi connectivity index (χ2n) is 1.45. The summed E-state index contributed by atoms with van der Waals surface area (Å²) in [5, 5.41) is 8.23. The fourth-order valence-electron chi connectivity index (χ4n) is 0.316. The Morgan fingerprint density at radius 3 is 2.25 bits per heavy atom. The number of ether oxygens (including phenoxy) is 1. The molecule has 5 nitrogen and oxygen atoms in total. The predicted octanol–water partition coefficient (Wildman–Crippen LogP) is -0.0275. The van der Waals surface area contributed by atoms with E-state index in [-0.39, 0.29) is 6.61 Å². The molecule has 1 atom stereocenters. The monoisotopic (exact) mass is 241 g/mol. The summed E-state index contributed by atoms with van der Waals surface area (Å²) >= 11 is 2.63. The fraction of sp³-hybridized carbons (Fsp3) is 0.667. The van der Waals surface area contributed by atoms with E-state index >= 15 is 0 Å². The molecule has 0 saturated heterocycles. The van der Waals surface area contributed by atoms with Gasteiger partial charge in [0, 0.05) is 0 Å². The molecule has 12 heavy (non-hydrogen) atoms. The van der Waals surface area contributed by atoms with Crippen molar-refractivity contribution in [3.05, 3.63) is 0 Å². The molecular weight excluding hydrogens is 230 g/mol. The zero-order chi connectivity index (χ0) is 10.1. The summed E-state index contributed by atoms with van der Waals surface area (Å²) in [5.41, 5.74) is 4.50. The van der Waals surface area contributed by atoms with E-state index in [2.05, 4.69) is 26.4 Å². The highest BCUT2D eigenvalue weighted by Crippen LogP contribution is 2.01. The van der Waals surface area contributed by atoms with Crippen LogP contribution in [-0.2, 0) is 14.3 Å². The van der Waals surface area contributed by atoms with Crippen LogP contribution in [0.25, 0.3) is 0 Å². The maximum Gasteiger partial charge on any atom is 0.331 e. The summed E-state index contributed by atoms with van der Waals surface area (Å²) in [6, 6.07) is 0. The van der Waals surface area contributed by atoms with Crippen LogP contribution in [-0.4, -0.2) is 35.5 Å². The highest BCUT2D eigenvalue weighted by molar-refractivity contribution is 9.10. The van der Waals surface area contributed by atoms with E-state index in [9.17, 15) is 9.59 Å². The van der Waals surface area contributed by atoms with Crippen LogP contribution in [0.1, 0.15) is 6.92 Å². The molecule has 0 fully saturated rings. The standard InChI is InChI=1S/C5H7BrO4.CH5N/c1-2-10-5(9)3(6)4(7)8;1-2/h3H,2H2,1H3,(H,7,8);2H2,1H3. The van der Waals surface area contributed by atoms with Gasteiger partial charge in [-0.25, -0.2) is 0 Å². The van der Waals surface area contributed by atoms with Crippen LogP contribution in [0.3, 0.4) is 0 Å². The molecule has 0 aromatic rings. The number of carbonyl (C=O) groups excluding carboxylic acids is 1. The normalized spacial score (nSPS) is 10.7. The zero-order valence-corrected chi connectivity index (χ0v) is 8.50. The third-order valence-corrected chi connectivity index (χ3v) is 1.48. The molecule has 0 amide bonds. The van der Waals surface area contributed by atoms with Crippen LogP contribution in [0, 0.1) is 0 Å². The van der Waals surface area contributed by atoms with E-state index in [4.69, 9.17) is 5.11 Å². The van der Waals surface area contributed by atoms with Crippen molar-refractivity contribution in [1.82, 2.24) is 0 Å². The van der Waals surface area contributed by atoms with Crippen molar-refractivity contribution in [3.8, 4) is 0 Å². The maximum atomic E-state index is 10.5. The molecule has 6 heteroatoms. The summed E-state index contributed by atoms with van der Waals surface area (Å²) in [4.78, 5) is 19.4. The molecule has 0 spiro atoms. The maximum absolute atomic E-state index is 10.5. The van der Waals surface area contributed by atoms with E-state index in [1.807, 2.05) is 0 Å². The minimum atomic E-state index is -1.24. The molecule has 0 aromatic heterocycles. The first-order valence-corrected chi connectivity index (χ1v) is 4.12. The Morgan fingerprint density at radius 1 is 1.58 bits per heavy atom. The van der Waals surface area contributed by atoms with Gasteiger partial charge in [0.25, 0.3) is 0 Å². The highest BCUT2D eigenvalue weighted by Gasteiger charge is 2.23. The number of alkyl halides is 1. The van der Waals surface area contributed by atoms with E-state index in [0.29, 0.717) is 0 Å². The Bertz CT molecular complexity index is 150. The van der Waals surface area contributed by atoms with Crippen LogP contribution < -0.4 is 5.73 Å². The Morgan fingerprint density at radius 2 is 2.00 bits per heavy atom. The number of carboxylic acids is 1. The molecule has 0 rings (SSSR count). The summed E-state index contributed by atoms with van der Waals surface area (Å²) in [7, 11) is 1.50. The Balaban J connectivity index is 0. The fourth-order valence-corrected chi connectivity index (χ4v) is 0.448. The van der Waals surface area contributed by atoms with Gasteiger partial charge < -0.3 is 15.6 Å². The lowest BCUT2D eigenvalue weighted by Gasteiger charge is -2.02. The largest absolute Gasteiger partial charge is 0.480 e. The molecule has 0 aromatic carbocycles. The number of aliphatic carboxylic acids is 1. The smallest absolute Gasteiger partial charge is 0.331 e. The number of carbonyl (C=O) groups is 2. The van der Waals surface area contributed by atoms with Gasteiger partial charge in [-0.2, -0.15) is 0 Å². The molecule has 0 bridgehead atoms. The molecular formula is C6H12BrNO4. The highest BCUT2D eigenvalue weighted by atomic mass is 79.9. The number of rotatable bonds is 3. The molecule has 3 N–H and O–H groups in total. The van der Waals surface area contributed by atoms with E-state index in [0.717, 1.165) is 0 Å². The van der Waals surface area contributed by atoms with Crippen LogP contribution >= 0.6 is 15.9 Å². The predicted molar refractivity (Wildman–Crippen MR) is 47.1 cm³/mol. The minimum absolute atomic E-state index is 0.189. The second-order valence-corrected chi connectivity index (χ2v) is 2.37. The van der Waals surface area contributed by atoms with Crippen molar-refractivity contribution in [2.24, 2.45) is 5.73 Å². The van der Waals surface area contributed by atoms with E-state index in [1.165, 1.54) is 7.05 Å². The van der Waals surface area contributed by atoms with Crippen molar-refractivity contribution in [1.29, 1.82) is 0 Å². The lowest BCUT2D eigenvalue weighted by molar-refractivity contribution is -0.149. The number of esters is 1. The van der Waals surface area contributed by atoms with Gasteiger partial charge in [0.2, 0.25) is 4.83 Å². The average Bonchev–Trinajstić information content (AvgIpc) is 2.07. The second kappa shape index (κ2) is 8.48. The van der Waals surface area contributed by atoms with Gasteiger partial charge in [-0.15, -0.1) is 0 Å². The van der Waals surface area contributed by atoms with Crippen LogP contribution in [0.4, 0.5) is 0 Å². The van der Waals surface area contributed by atoms with Crippen molar-refractivity contribution in [3.63, 3.8) is 0 Å². The SMILES string of the molecule is CCOC(=O)C(Br)C(=O)O.CN. The molecule has 1 unspecified atom stereocenters. The van der Waals surface area contributed by atoms with Crippen molar-refractivity contribution in [2.75, 3.05) is 13.7 Å². The van der Waals surface area contributed by atoms with Gasteiger partial charge in [0.15, 0.2) is 0 Å². The quantitative estimate of drug-likeness (QED) is 0.412. The first kappa shape index (κ1) is 13.9. The number of hydrogen-bond acceptors (Lipinski definition) is 4. The first-order valence-electron chi connectivity index (χ1n) is 3.20. The summed E-state index contributed by atoms with van der Waals surface area (Å²) in [5.74, 6) is -2.01. The number of halogens is 1. The minimum Gasteiger partial charge on any atom is -0.480 e. The van der Waals surface area contributed by atoms with Crippen molar-refractivity contribution in [2.45, 2.75) is 11.8 Å². The van der Waals surface area contributed by atoms with Gasteiger partial charge in [-0.05, 0) is 14.0 Å². The van der Waals surface area contributed by atoms with Crippen LogP contribution in [0.5, 0.6) is 0 Å². The molecule has 72 valence electrons. The van der Waals surface area contributed by atoms with Crippen molar-refractivity contribution < 1.29 is 19.4 Å². The molecule has 0 saturated carbocycles. The Hall–Kier alpha value is -0.620. The van der Waals surface area contributed by atoms with E-state index in [1.54, 1.807) is 6.92 Å².